The van der Waals surface area contributed by atoms with Gasteiger partial charge in [0.1, 0.15) is 42.2 Å². The Kier molecular flexibility index (Phi) is 34.2. The fourth-order valence-corrected chi connectivity index (χ4v) is 8.07. The molecule has 0 saturated carbocycles. The summed E-state index contributed by atoms with van der Waals surface area (Å²) >= 11 is 0. The number of ketones is 1. The molecule has 34 heteroatoms. The molecule has 0 aromatic carbocycles. The van der Waals surface area contributed by atoms with Crippen molar-refractivity contribution >= 4 is 50.5 Å². The predicted octanol–water partition coefficient (Wildman–Crippen LogP) is -13.3. The van der Waals surface area contributed by atoms with Gasteiger partial charge in [-0.25, -0.2) is 13.1 Å². The molecule has 1 aromatic rings. The van der Waals surface area contributed by atoms with E-state index in [1.54, 1.807) is 11.1 Å². The van der Waals surface area contributed by atoms with Gasteiger partial charge in [-0.05, 0) is 45.1 Å². The molecule has 3 amide bonds. The molecule has 73 heavy (non-hydrogen) atoms. The number of ether oxygens (including phenoxy) is 6. The number of unbranched alkanes of at least 4 members (excludes halogenated alkanes) is 2. The summed E-state index contributed by atoms with van der Waals surface area (Å²) < 4.78 is 92.7. The van der Waals surface area contributed by atoms with Crippen LogP contribution in [0.2, 0.25) is 0 Å². The van der Waals surface area contributed by atoms with Gasteiger partial charge in [-0.3, -0.25) is 23.8 Å². The van der Waals surface area contributed by atoms with Gasteiger partial charge in [-0.15, -0.1) is 17.7 Å². The molecule has 14 atom stereocenters. The topological polar surface area (TPSA) is 434 Å². The molecule has 0 spiro atoms. The number of aliphatic carboxylic acids is 1. The molecule has 4 aliphatic rings. The summed E-state index contributed by atoms with van der Waals surface area (Å²) in [6.07, 6.45) is -10.7. The van der Waals surface area contributed by atoms with Crippen molar-refractivity contribution in [3.05, 3.63) is 24.5 Å². The molecule has 1 aromatic heterocycles. The van der Waals surface area contributed by atoms with Gasteiger partial charge >= 0.3 is 99.3 Å². The number of carboxylic acids is 1. The van der Waals surface area contributed by atoms with Crippen LogP contribution < -0.4 is 93.8 Å². The summed E-state index contributed by atoms with van der Waals surface area (Å²) in [7, 11) is -8.03. The molecule has 4 aliphatic heterocycles. The minimum Gasteiger partial charge on any atom is -0.726 e. The fraction of sp³-hybridized carbons (Fsp3) is 0.795. The number of fused-ring (bicyclic) bond motifs is 1. The molecule has 4 fully saturated rings. The zero-order chi connectivity index (χ0) is 52.6. The standard InChI is InChI=1S/C39H60N6O16.3Na.H2O4S.O3S/c1-5-23-26-27(24(6-2)59-23)36(53)45(35(26)52)13-9-7-8-12-43(25(47)11-10-20(3)46)18-22-19-44(42-41-22)14-15-56-16-17-57-39-32(51)31(50)33(34(61-39)37(54)55)60-38-28(40)30(49)29(48)21(4)58-38;;;;1-5(2,3)4;1-4(2)3/h19,21,23-24,26-34,38-40,48-51H,4-18H2,1-3H3,(H,54,55);;;;(H2,1,2,3,4);/q-2;3*+1;;/p-2/t21?,23-,24+,26+,27-,28?,29-,30-,31-,32?,33+,34?,38-,39-;;;;;/m1...../s1. The van der Waals surface area contributed by atoms with Gasteiger partial charge in [0.25, 0.3) is 0 Å². The predicted molar refractivity (Wildman–Crippen MR) is 226 cm³/mol. The summed E-state index contributed by atoms with van der Waals surface area (Å²) in [5, 5.41) is 61.5. The third-order valence-corrected chi connectivity index (χ3v) is 11.5. The maximum Gasteiger partial charge on any atom is 1.00 e. The van der Waals surface area contributed by atoms with E-state index in [1.165, 1.54) is 16.5 Å². The van der Waals surface area contributed by atoms with Crippen LogP contribution in [0.25, 0.3) is 5.73 Å². The number of carboxylic acid groups (broad SMARTS) is 1. The van der Waals surface area contributed by atoms with Crippen LogP contribution in [0.15, 0.2) is 6.20 Å². The van der Waals surface area contributed by atoms with Crippen molar-refractivity contribution in [3.8, 4) is 0 Å². The Morgan fingerprint density at radius 1 is 0.863 bits per heavy atom. The van der Waals surface area contributed by atoms with E-state index >= 15 is 0 Å². The number of aliphatic hydroxyl groups excluding tert-OH is 4. The Bertz CT molecular complexity index is 2090. The van der Waals surface area contributed by atoms with Crippen LogP contribution >= 0.6 is 0 Å². The number of hydrogen-bond donors (Lipinski definition) is 5. The Balaban J connectivity index is 0.00000397. The number of aliphatic hydroxyl groups is 4. The van der Waals surface area contributed by atoms with E-state index in [9.17, 15) is 49.5 Å². The first-order valence-electron chi connectivity index (χ1n) is 22.1. The molecule has 400 valence electrons. The summed E-state index contributed by atoms with van der Waals surface area (Å²) in [5.41, 5.74) is 8.54. The molecule has 6 N–H and O–H groups in total. The smallest absolute Gasteiger partial charge is 0.726 e. The number of carbonyl (C=O) groups is 5. The number of nitrogens with one attached hydrogen (secondary N) is 1. The first kappa shape index (κ1) is 71.9. The van der Waals surface area contributed by atoms with Gasteiger partial charge in [0.2, 0.25) is 28.1 Å². The van der Waals surface area contributed by atoms with E-state index in [-0.39, 0.29) is 170 Å². The molecule has 0 bridgehead atoms. The number of imide groups is 1. The van der Waals surface area contributed by atoms with E-state index in [0.717, 1.165) is 0 Å². The maximum absolute atomic E-state index is 13.2. The number of Topliss-reactive ketones (excluding diaryl/α,β-unsaturated/α-hetero) is 1. The quantitative estimate of drug-likeness (QED) is 0.0170. The molecule has 5 heterocycles. The van der Waals surface area contributed by atoms with E-state index in [4.69, 9.17) is 64.3 Å². The number of rotatable bonds is 23. The third-order valence-electron chi connectivity index (χ3n) is 11.5. The van der Waals surface area contributed by atoms with Crippen LogP contribution in [-0.2, 0) is 86.5 Å². The van der Waals surface area contributed by atoms with Crippen LogP contribution in [0.1, 0.15) is 71.4 Å². The number of nitrogens with zero attached hydrogens (tertiary/aromatic N) is 5. The minimum atomic E-state index is -4.92. The number of aromatic nitrogens is 3. The van der Waals surface area contributed by atoms with E-state index in [0.29, 0.717) is 50.9 Å². The zero-order valence-corrected chi connectivity index (χ0v) is 49.0. The van der Waals surface area contributed by atoms with E-state index in [2.05, 4.69) is 17.2 Å². The Hall–Kier alpha value is -1.06. The first-order chi connectivity index (χ1) is 32.8. The average molecular weight is 1110 g/mol. The average Bonchev–Trinajstić information content (AvgIpc) is 3.96. The van der Waals surface area contributed by atoms with Gasteiger partial charge in [-0.1, -0.05) is 25.1 Å². The summed E-state index contributed by atoms with van der Waals surface area (Å²) in [6.45, 7) is 9.76. The number of hydrogen-bond acceptors (Lipinski definition) is 24. The van der Waals surface area contributed by atoms with Crippen molar-refractivity contribution in [2.45, 2.75) is 152 Å². The third kappa shape index (κ3) is 22.7. The van der Waals surface area contributed by atoms with Crippen molar-refractivity contribution < 1.29 is 197 Å². The second-order valence-corrected chi connectivity index (χ2v) is 17.7. The zero-order valence-electron chi connectivity index (χ0n) is 41.4. The largest absolute Gasteiger partial charge is 1.00 e. The van der Waals surface area contributed by atoms with Gasteiger partial charge in [-0.2, -0.15) is 0 Å². The van der Waals surface area contributed by atoms with E-state index < -0.39 is 100 Å². The number of carbonyl (C=O) groups excluding carboxylic acids is 5. The molecule has 4 saturated heterocycles. The second kappa shape index (κ2) is 34.7. The normalized spacial score (nSPS) is 29.4. The van der Waals surface area contributed by atoms with Crippen LogP contribution in [0, 0.1) is 18.8 Å². The minimum absolute atomic E-state index is 0. The van der Waals surface area contributed by atoms with E-state index in [1.807, 2.05) is 13.8 Å². The molecule has 0 aliphatic carbocycles. The van der Waals surface area contributed by atoms with Crippen LogP contribution in [0.3, 0.4) is 0 Å². The molecule has 4 unspecified atom stereocenters. The fourth-order valence-electron chi connectivity index (χ4n) is 8.07. The molecule has 5 rings (SSSR count). The van der Waals surface area contributed by atoms with Gasteiger partial charge in [0, 0.05) is 25.9 Å². The van der Waals surface area contributed by atoms with Crippen molar-refractivity contribution in [1.82, 2.24) is 24.8 Å². The van der Waals surface area contributed by atoms with Crippen molar-refractivity contribution in [2.75, 3.05) is 32.9 Å². The van der Waals surface area contributed by atoms with Crippen molar-refractivity contribution in [2.24, 2.45) is 11.8 Å². The molecule has 0 radical (unpaired) electrons. The second-order valence-electron chi connectivity index (χ2n) is 16.5. The van der Waals surface area contributed by atoms with Gasteiger partial charge < -0.3 is 85.7 Å². The van der Waals surface area contributed by atoms with Crippen molar-refractivity contribution in [1.29, 1.82) is 0 Å². The van der Waals surface area contributed by atoms with Crippen molar-refractivity contribution in [3.63, 3.8) is 0 Å². The maximum atomic E-state index is 13.2. The van der Waals surface area contributed by atoms with Gasteiger partial charge in [0.05, 0.1) is 81.3 Å². The summed E-state index contributed by atoms with van der Waals surface area (Å²) in [4.78, 5) is 66.0. The first-order valence-corrected chi connectivity index (χ1v) is 24.4. The molecule has 29 nitrogen and oxygen atoms in total. The summed E-state index contributed by atoms with van der Waals surface area (Å²) in [5.74, 6) is -3.33. The Labute approximate surface area is 489 Å². The van der Waals surface area contributed by atoms with Crippen LogP contribution in [-0.4, -0.2) is 211 Å². The Morgan fingerprint density at radius 3 is 1.97 bits per heavy atom. The number of likely N-dealkylation sites (tertiary alicyclic amines) is 1. The number of amides is 3. The van der Waals surface area contributed by atoms with Crippen LogP contribution in [0.4, 0.5) is 0 Å². The SMILES string of the molecule is O=S(=O)([O-])O.O=S(=O)=O.[CH2-]C1O[C@H](O[C@@H]2C(C(=O)[O-])O[C@@H](OCCOCCn3cc(CN(CCCCCN4C(=O)[C@@H]5[C@H](C4=O)[C@H](CC)O[C@@H]5CC)C(=O)CCC(C)=O)nn3)C(O)[C@H]2O)C([NH-])[C@@H](O)[C@@H]1O.[Na+].[Na+].[Na+]. The molecular weight excluding hydrogens is 1050 g/mol. The Morgan fingerprint density at radius 2 is 1.44 bits per heavy atom. The van der Waals surface area contributed by atoms with Gasteiger partial charge in [0.15, 0.2) is 6.29 Å². The summed E-state index contributed by atoms with van der Waals surface area (Å²) in [6, 6.07) is -1.60. The molecular formula is C39H60N6Na3O23S2-. The van der Waals surface area contributed by atoms with Crippen LogP contribution in [0.5, 0.6) is 0 Å². The monoisotopic (exact) mass is 1110 g/mol.